The van der Waals surface area contributed by atoms with Gasteiger partial charge < -0.3 is 15.8 Å². The van der Waals surface area contributed by atoms with Gasteiger partial charge in [0.2, 0.25) is 0 Å². The molecule has 1 aromatic heterocycles. The number of rotatable bonds is 6. The second-order valence-electron chi connectivity index (χ2n) is 4.71. The summed E-state index contributed by atoms with van der Waals surface area (Å²) < 4.78 is 9.83. The molecule has 2 atom stereocenters. The van der Waals surface area contributed by atoms with Gasteiger partial charge in [-0.25, -0.2) is 0 Å². The van der Waals surface area contributed by atoms with E-state index in [1.165, 1.54) is 11.5 Å². The van der Waals surface area contributed by atoms with Crippen molar-refractivity contribution in [2.45, 2.75) is 53.2 Å². The zero-order valence-electron chi connectivity index (χ0n) is 11.3. The predicted octanol–water partition coefficient (Wildman–Crippen LogP) is 3.36. The Morgan fingerprint density at radius 2 is 2.00 bits per heavy atom. The van der Waals surface area contributed by atoms with Gasteiger partial charge in [-0.05, 0) is 38.2 Å². The maximum absolute atomic E-state index is 5.81. The molecule has 0 aliphatic carbocycles. The fourth-order valence-electron chi connectivity index (χ4n) is 1.44. The number of nitrogens with two attached hydrogens (primary N) is 1. The monoisotopic (exact) mass is 257 g/mol. The minimum atomic E-state index is 0.105. The lowest BCUT2D eigenvalue weighted by Crippen LogP contribution is -2.23. The summed E-state index contributed by atoms with van der Waals surface area (Å²) in [6.45, 7) is 10.6. The molecule has 0 amide bonds. The second-order valence-corrected chi connectivity index (χ2v) is 5.48. The highest BCUT2D eigenvalue weighted by Crippen LogP contribution is 2.36. The normalized spacial score (nSPS) is 14.7. The summed E-state index contributed by atoms with van der Waals surface area (Å²) in [4.78, 5) is 0. The van der Waals surface area contributed by atoms with Crippen LogP contribution in [0.5, 0.6) is 5.75 Å². The SMILES string of the molecule is CCC(C)C(C)Nc1snc(N)c1OC(C)C. The molecule has 1 heterocycles. The van der Waals surface area contributed by atoms with Crippen molar-refractivity contribution in [3.63, 3.8) is 0 Å². The standard InChI is InChI=1S/C12H23N3OS/c1-6-8(4)9(5)14-12-10(16-7(2)3)11(13)15-17-12/h7-9,14H,6H2,1-5H3,(H2,13,15). The van der Waals surface area contributed by atoms with Crippen molar-refractivity contribution >= 4 is 22.4 Å². The van der Waals surface area contributed by atoms with Crippen LogP contribution in [-0.2, 0) is 0 Å². The van der Waals surface area contributed by atoms with Gasteiger partial charge in [0.25, 0.3) is 0 Å². The number of aromatic nitrogens is 1. The van der Waals surface area contributed by atoms with E-state index in [0.29, 0.717) is 23.5 Å². The Labute approximate surface area is 108 Å². The van der Waals surface area contributed by atoms with Gasteiger partial charge in [-0.15, -0.1) is 0 Å². The fourth-order valence-corrected chi connectivity index (χ4v) is 2.18. The molecule has 3 N–H and O–H groups in total. The van der Waals surface area contributed by atoms with Crippen LogP contribution in [0.3, 0.4) is 0 Å². The van der Waals surface area contributed by atoms with Crippen LogP contribution in [-0.4, -0.2) is 16.5 Å². The molecule has 0 aromatic carbocycles. The van der Waals surface area contributed by atoms with E-state index in [4.69, 9.17) is 10.5 Å². The van der Waals surface area contributed by atoms with Crippen LogP contribution >= 0.6 is 11.5 Å². The van der Waals surface area contributed by atoms with Crippen LogP contribution in [0.4, 0.5) is 10.8 Å². The number of ether oxygens (including phenoxy) is 1. The molecule has 0 saturated carbocycles. The van der Waals surface area contributed by atoms with Crippen molar-refractivity contribution in [3.8, 4) is 5.75 Å². The van der Waals surface area contributed by atoms with Crippen LogP contribution in [0.1, 0.15) is 41.0 Å². The minimum absolute atomic E-state index is 0.105. The molecular formula is C12H23N3OS. The van der Waals surface area contributed by atoms with E-state index in [0.717, 1.165) is 11.4 Å². The molecule has 5 heteroatoms. The minimum Gasteiger partial charge on any atom is -0.484 e. The third-order valence-electron chi connectivity index (χ3n) is 2.88. The molecule has 1 rings (SSSR count). The largest absolute Gasteiger partial charge is 0.484 e. The summed E-state index contributed by atoms with van der Waals surface area (Å²) in [6, 6.07) is 0.384. The first-order valence-corrected chi connectivity index (χ1v) is 6.91. The van der Waals surface area contributed by atoms with E-state index in [9.17, 15) is 0 Å². The molecule has 0 spiro atoms. The molecule has 0 saturated heterocycles. The van der Waals surface area contributed by atoms with Gasteiger partial charge in [-0.2, -0.15) is 4.37 Å². The summed E-state index contributed by atoms with van der Waals surface area (Å²) in [5.74, 6) is 1.77. The highest BCUT2D eigenvalue weighted by molar-refractivity contribution is 7.11. The number of hydrogen-bond donors (Lipinski definition) is 2. The number of nitrogen functional groups attached to an aromatic ring is 1. The molecule has 0 aliphatic rings. The average molecular weight is 257 g/mol. The Morgan fingerprint density at radius 1 is 1.35 bits per heavy atom. The predicted molar refractivity (Wildman–Crippen MR) is 74.8 cm³/mol. The number of anilines is 2. The maximum atomic E-state index is 5.81. The van der Waals surface area contributed by atoms with Gasteiger partial charge in [-0.1, -0.05) is 20.3 Å². The quantitative estimate of drug-likeness (QED) is 0.820. The second kappa shape index (κ2) is 6.10. The Bertz CT molecular complexity index is 352. The summed E-state index contributed by atoms with van der Waals surface area (Å²) in [5.41, 5.74) is 5.81. The first kappa shape index (κ1) is 14.1. The maximum Gasteiger partial charge on any atom is 0.197 e. The Balaban J connectivity index is 2.77. The van der Waals surface area contributed by atoms with E-state index in [1.54, 1.807) is 0 Å². The van der Waals surface area contributed by atoms with Gasteiger partial charge in [0.05, 0.1) is 6.10 Å². The molecular weight excluding hydrogens is 234 g/mol. The first-order valence-electron chi connectivity index (χ1n) is 6.14. The zero-order chi connectivity index (χ0) is 13.0. The smallest absolute Gasteiger partial charge is 0.197 e. The molecule has 98 valence electrons. The number of nitrogens with one attached hydrogen (secondary N) is 1. The molecule has 1 aromatic rings. The van der Waals surface area contributed by atoms with E-state index in [-0.39, 0.29) is 6.10 Å². The van der Waals surface area contributed by atoms with Crippen molar-refractivity contribution in [2.75, 3.05) is 11.1 Å². The highest BCUT2D eigenvalue weighted by Gasteiger charge is 2.18. The first-order chi connectivity index (χ1) is 7.95. The molecule has 0 fully saturated rings. The van der Waals surface area contributed by atoms with Gasteiger partial charge >= 0.3 is 0 Å². The average Bonchev–Trinajstić information content (AvgIpc) is 2.59. The van der Waals surface area contributed by atoms with Crippen LogP contribution in [0.2, 0.25) is 0 Å². The van der Waals surface area contributed by atoms with Crippen molar-refractivity contribution in [1.82, 2.24) is 4.37 Å². The fraction of sp³-hybridized carbons (Fsp3) is 0.750. The number of nitrogens with zero attached hydrogens (tertiary/aromatic N) is 1. The molecule has 17 heavy (non-hydrogen) atoms. The zero-order valence-corrected chi connectivity index (χ0v) is 12.1. The van der Waals surface area contributed by atoms with Crippen LogP contribution in [0.25, 0.3) is 0 Å². The van der Waals surface area contributed by atoms with Crippen molar-refractivity contribution in [1.29, 1.82) is 0 Å². The molecule has 4 nitrogen and oxygen atoms in total. The van der Waals surface area contributed by atoms with Crippen molar-refractivity contribution in [3.05, 3.63) is 0 Å². The van der Waals surface area contributed by atoms with E-state index in [2.05, 4.69) is 30.5 Å². The lowest BCUT2D eigenvalue weighted by molar-refractivity contribution is 0.245. The third kappa shape index (κ3) is 3.77. The Hall–Kier alpha value is -0.970. The van der Waals surface area contributed by atoms with E-state index in [1.807, 2.05) is 13.8 Å². The molecule has 0 aliphatic heterocycles. The Morgan fingerprint density at radius 3 is 2.53 bits per heavy atom. The van der Waals surface area contributed by atoms with Gasteiger partial charge in [0.15, 0.2) is 16.6 Å². The Kier molecular flexibility index (Phi) is 5.05. The third-order valence-corrected chi connectivity index (χ3v) is 3.66. The van der Waals surface area contributed by atoms with Crippen molar-refractivity contribution < 1.29 is 4.74 Å². The molecule has 0 bridgehead atoms. The van der Waals surface area contributed by atoms with Crippen LogP contribution in [0, 0.1) is 5.92 Å². The number of hydrogen-bond acceptors (Lipinski definition) is 5. The van der Waals surface area contributed by atoms with E-state index < -0.39 is 0 Å². The summed E-state index contributed by atoms with van der Waals surface area (Å²) in [6.07, 6.45) is 1.25. The summed E-state index contributed by atoms with van der Waals surface area (Å²) in [7, 11) is 0. The van der Waals surface area contributed by atoms with Crippen LogP contribution < -0.4 is 15.8 Å². The molecule has 2 unspecified atom stereocenters. The van der Waals surface area contributed by atoms with Gasteiger partial charge in [0.1, 0.15) is 0 Å². The van der Waals surface area contributed by atoms with Gasteiger partial charge in [0, 0.05) is 6.04 Å². The molecule has 0 radical (unpaired) electrons. The van der Waals surface area contributed by atoms with Gasteiger partial charge in [-0.3, -0.25) is 0 Å². The lowest BCUT2D eigenvalue weighted by atomic mass is 10.0. The topological polar surface area (TPSA) is 60.2 Å². The van der Waals surface area contributed by atoms with Crippen molar-refractivity contribution in [2.24, 2.45) is 5.92 Å². The highest BCUT2D eigenvalue weighted by atomic mass is 32.1. The van der Waals surface area contributed by atoms with Crippen LogP contribution in [0.15, 0.2) is 0 Å². The summed E-state index contributed by atoms with van der Waals surface area (Å²) in [5, 5.41) is 4.37. The lowest BCUT2D eigenvalue weighted by Gasteiger charge is -2.21. The summed E-state index contributed by atoms with van der Waals surface area (Å²) >= 11 is 1.36. The van der Waals surface area contributed by atoms with E-state index >= 15 is 0 Å².